The van der Waals surface area contributed by atoms with Gasteiger partial charge in [-0.3, -0.25) is 9.59 Å². The van der Waals surface area contributed by atoms with Crippen molar-refractivity contribution >= 4 is 11.9 Å². The highest BCUT2D eigenvalue weighted by Gasteiger charge is 2.02. The highest BCUT2D eigenvalue weighted by molar-refractivity contribution is 5.76. The summed E-state index contributed by atoms with van der Waals surface area (Å²) in [6.07, 6.45) is 0.495. The highest BCUT2D eigenvalue weighted by Crippen LogP contribution is 1.94. The third-order valence-corrected chi connectivity index (χ3v) is 1.39. The third-order valence-electron chi connectivity index (χ3n) is 1.39. The lowest BCUT2D eigenvalue weighted by Gasteiger charge is -2.01. The Labute approximate surface area is 80.7 Å². The summed E-state index contributed by atoms with van der Waals surface area (Å²) in [5.41, 5.74) is 7.91. The van der Waals surface area contributed by atoms with E-state index in [1.807, 2.05) is 0 Å². The molecule has 0 fully saturated rings. The maximum Gasteiger partial charge on any atom is 0.303 e. The summed E-state index contributed by atoms with van der Waals surface area (Å²) in [6, 6.07) is 0. The first-order valence-electron chi connectivity index (χ1n) is 4.16. The molecule has 0 radical (unpaired) electrons. The standard InChI is InChI=1S/C7H12N4O3/c8-11-10-5-4-9-6(12)2-1-3-7(13)14/h1-5H2,(H,9,12)(H,13,14). The Hall–Kier alpha value is -1.75. The quantitative estimate of drug-likeness (QED) is 0.272. The summed E-state index contributed by atoms with van der Waals surface area (Å²) in [7, 11) is 0. The summed E-state index contributed by atoms with van der Waals surface area (Å²) in [5, 5.41) is 14.0. The van der Waals surface area contributed by atoms with Crippen molar-refractivity contribution < 1.29 is 14.7 Å². The van der Waals surface area contributed by atoms with Gasteiger partial charge in [0.1, 0.15) is 0 Å². The van der Waals surface area contributed by atoms with Gasteiger partial charge in [-0.15, -0.1) is 0 Å². The molecule has 0 unspecified atom stereocenters. The molecular weight excluding hydrogens is 188 g/mol. The van der Waals surface area contributed by atoms with Crippen LogP contribution in [0.2, 0.25) is 0 Å². The van der Waals surface area contributed by atoms with Crippen molar-refractivity contribution in [2.45, 2.75) is 19.3 Å². The topological polar surface area (TPSA) is 115 Å². The molecule has 0 aromatic carbocycles. The first-order valence-corrected chi connectivity index (χ1v) is 4.16. The second-order valence-electron chi connectivity index (χ2n) is 2.55. The Bertz CT molecular complexity index is 237. The Balaban J connectivity index is 3.36. The predicted octanol–water partition coefficient (Wildman–Crippen LogP) is 0.668. The monoisotopic (exact) mass is 200 g/mol. The summed E-state index contributed by atoms with van der Waals surface area (Å²) in [4.78, 5) is 23.6. The summed E-state index contributed by atoms with van der Waals surface area (Å²) in [5.74, 6) is -1.13. The number of aliphatic carboxylic acids is 1. The average molecular weight is 200 g/mol. The second kappa shape index (κ2) is 7.88. The van der Waals surface area contributed by atoms with Crippen molar-refractivity contribution in [3.8, 4) is 0 Å². The molecule has 7 heteroatoms. The lowest BCUT2D eigenvalue weighted by atomic mass is 10.2. The van der Waals surface area contributed by atoms with E-state index in [1.54, 1.807) is 0 Å². The zero-order chi connectivity index (χ0) is 10.8. The van der Waals surface area contributed by atoms with E-state index in [9.17, 15) is 9.59 Å². The molecule has 0 saturated carbocycles. The summed E-state index contributed by atoms with van der Waals surface area (Å²) in [6.45, 7) is 0.497. The fourth-order valence-electron chi connectivity index (χ4n) is 0.779. The number of carboxylic acid groups (broad SMARTS) is 1. The normalized spacial score (nSPS) is 8.86. The summed E-state index contributed by atoms with van der Waals surface area (Å²) < 4.78 is 0. The predicted molar refractivity (Wildman–Crippen MR) is 48.5 cm³/mol. The van der Waals surface area contributed by atoms with E-state index < -0.39 is 5.97 Å². The first kappa shape index (κ1) is 12.2. The van der Waals surface area contributed by atoms with Gasteiger partial charge in [-0.2, -0.15) is 0 Å². The number of hydrogen-bond donors (Lipinski definition) is 2. The van der Waals surface area contributed by atoms with E-state index in [0.29, 0.717) is 6.42 Å². The Morgan fingerprint density at radius 1 is 1.43 bits per heavy atom. The van der Waals surface area contributed by atoms with Gasteiger partial charge < -0.3 is 10.4 Å². The van der Waals surface area contributed by atoms with Crippen LogP contribution < -0.4 is 5.32 Å². The number of nitrogens with zero attached hydrogens (tertiary/aromatic N) is 3. The number of azide groups is 1. The zero-order valence-electron chi connectivity index (χ0n) is 7.64. The van der Waals surface area contributed by atoms with Gasteiger partial charge in [0.25, 0.3) is 0 Å². The van der Waals surface area contributed by atoms with Gasteiger partial charge in [-0.25, -0.2) is 0 Å². The van der Waals surface area contributed by atoms with Crippen LogP contribution >= 0.6 is 0 Å². The fraction of sp³-hybridized carbons (Fsp3) is 0.714. The van der Waals surface area contributed by atoms with Gasteiger partial charge in [0.2, 0.25) is 5.91 Å². The van der Waals surface area contributed by atoms with Gasteiger partial charge in [-0.05, 0) is 12.0 Å². The van der Waals surface area contributed by atoms with Crippen LogP contribution in [-0.4, -0.2) is 30.1 Å². The number of amides is 1. The smallest absolute Gasteiger partial charge is 0.303 e. The van der Waals surface area contributed by atoms with Crippen LogP contribution in [0.15, 0.2) is 5.11 Å². The Morgan fingerprint density at radius 3 is 2.71 bits per heavy atom. The third kappa shape index (κ3) is 8.35. The molecule has 0 aliphatic rings. The van der Waals surface area contributed by atoms with Crippen molar-refractivity contribution in [1.29, 1.82) is 0 Å². The molecule has 0 aliphatic heterocycles. The van der Waals surface area contributed by atoms with Crippen LogP contribution in [0.1, 0.15) is 19.3 Å². The molecule has 2 N–H and O–H groups in total. The highest BCUT2D eigenvalue weighted by atomic mass is 16.4. The average Bonchev–Trinajstić information content (AvgIpc) is 2.12. The number of rotatable bonds is 7. The van der Waals surface area contributed by atoms with Crippen molar-refractivity contribution in [3.05, 3.63) is 10.4 Å². The molecule has 0 heterocycles. The van der Waals surface area contributed by atoms with Gasteiger partial charge >= 0.3 is 5.97 Å². The largest absolute Gasteiger partial charge is 0.481 e. The molecule has 1 amide bonds. The minimum absolute atomic E-state index is 0.0102. The fourth-order valence-corrected chi connectivity index (χ4v) is 0.779. The first-order chi connectivity index (χ1) is 6.66. The lowest BCUT2D eigenvalue weighted by Crippen LogP contribution is -2.25. The number of carbonyl (C=O) groups is 2. The molecule has 78 valence electrons. The molecule has 14 heavy (non-hydrogen) atoms. The maximum atomic E-state index is 10.9. The van der Waals surface area contributed by atoms with Gasteiger partial charge in [-0.1, -0.05) is 5.11 Å². The van der Waals surface area contributed by atoms with Crippen molar-refractivity contribution in [3.63, 3.8) is 0 Å². The Kier molecular flexibility index (Phi) is 6.89. The lowest BCUT2D eigenvalue weighted by molar-refractivity contribution is -0.137. The van der Waals surface area contributed by atoms with Crippen LogP contribution in [0.4, 0.5) is 0 Å². The van der Waals surface area contributed by atoms with Crippen LogP contribution in [0, 0.1) is 0 Å². The minimum atomic E-state index is -0.910. The van der Waals surface area contributed by atoms with Gasteiger partial charge in [0, 0.05) is 30.8 Å². The Morgan fingerprint density at radius 2 is 2.14 bits per heavy atom. The van der Waals surface area contributed by atoms with Crippen LogP contribution in [-0.2, 0) is 9.59 Å². The van der Waals surface area contributed by atoms with Crippen LogP contribution in [0.25, 0.3) is 10.4 Å². The number of nitrogens with one attached hydrogen (secondary N) is 1. The molecule has 0 aromatic heterocycles. The van der Waals surface area contributed by atoms with Crippen LogP contribution in [0.5, 0.6) is 0 Å². The molecule has 0 rings (SSSR count). The second-order valence-corrected chi connectivity index (χ2v) is 2.55. The van der Waals surface area contributed by atoms with E-state index in [0.717, 1.165) is 0 Å². The molecule has 7 nitrogen and oxygen atoms in total. The van der Waals surface area contributed by atoms with E-state index in [4.69, 9.17) is 10.6 Å². The molecule has 0 aliphatic carbocycles. The SMILES string of the molecule is [N-]=[N+]=NCCNC(=O)CCCC(=O)O. The molecule has 0 aromatic rings. The zero-order valence-corrected chi connectivity index (χ0v) is 7.64. The van der Waals surface area contributed by atoms with Crippen molar-refractivity contribution in [2.24, 2.45) is 5.11 Å². The maximum absolute atomic E-state index is 10.9. The van der Waals surface area contributed by atoms with Gasteiger partial charge in [0.05, 0.1) is 0 Å². The molecule has 0 saturated heterocycles. The molecule has 0 bridgehead atoms. The molecule has 0 spiro atoms. The van der Waals surface area contributed by atoms with E-state index in [-0.39, 0.29) is 31.8 Å². The van der Waals surface area contributed by atoms with Crippen molar-refractivity contribution in [2.75, 3.05) is 13.1 Å². The summed E-state index contributed by atoms with van der Waals surface area (Å²) >= 11 is 0. The van der Waals surface area contributed by atoms with Gasteiger partial charge in [0.15, 0.2) is 0 Å². The van der Waals surface area contributed by atoms with E-state index >= 15 is 0 Å². The van der Waals surface area contributed by atoms with Crippen molar-refractivity contribution in [1.82, 2.24) is 5.32 Å². The minimum Gasteiger partial charge on any atom is -0.481 e. The molecular formula is C7H12N4O3. The number of carboxylic acids is 1. The van der Waals surface area contributed by atoms with E-state index in [1.165, 1.54) is 0 Å². The molecule has 0 atom stereocenters. The van der Waals surface area contributed by atoms with Crippen LogP contribution in [0.3, 0.4) is 0 Å². The number of hydrogen-bond acceptors (Lipinski definition) is 3. The number of carbonyl (C=O) groups excluding carboxylic acids is 1. The van der Waals surface area contributed by atoms with E-state index in [2.05, 4.69) is 15.3 Å².